The summed E-state index contributed by atoms with van der Waals surface area (Å²) in [5.41, 5.74) is 1.68. The molecule has 4 nitrogen and oxygen atoms in total. The molecule has 2 bridgehead atoms. The first-order valence-corrected chi connectivity index (χ1v) is 12.5. The van der Waals surface area contributed by atoms with Gasteiger partial charge in [0.05, 0.1) is 31.9 Å². The van der Waals surface area contributed by atoms with Crippen molar-refractivity contribution in [3.05, 3.63) is 101 Å². The molecule has 188 valence electrons. The Labute approximate surface area is 209 Å². The van der Waals surface area contributed by atoms with Crippen molar-refractivity contribution in [1.82, 2.24) is 0 Å². The lowest BCUT2D eigenvalue weighted by molar-refractivity contribution is -0.945. The zero-order valence-corrected chi connectivity index (χ0v) is 20.1. The summed E-state index contributed by atoms with van der Waals surface area (Å²) in [7, 11) is 0. The van der Waals surface area contributed by atoms with E-state index >= 15 is 0 Å². The van der Waals surface area contributed by atoms with E-state index in [0.29, 0.717) is 5.56 Å². The molecule has 0 aliphatic carbocycles. The van der Waals surface area contributed by atoms with Crippen molar-refractivity contribution in [2.75, 3.05) is 31.1 Å². The number of carbonyl (C=O) groups excluding carboxylic acids is 1. The Morgan fingerprint density at radius 1 is 0.861 bits per heavy atom. The van der Waals surface area contributed by atoms with Gasteiger partial charge in [-0.1, -0.05) is 48.5 Å². The standard InChI is InChI=1S/C29H30F3N2O2/c30-24-11-10-22(18-26(24)32)19-33(27-9-5-4-8-25(27)31)29(35)36-28-20-34(16-13-23(28)14-17-34)15-12-21-6-2-1-3-7-21/h1-11,18,23,28H,12-17,19-20H2/q+1. The van der Waals surface area contributed by atoms with E-state index in [1.165, 1.54) is 34.7 Å². The zero-order chi connectivity index (χ0) is 25.1. The van der Waals surface area contributed by atoms with Gasteiger partial charge in [0, 0.05) is 25.2 Å². The third kappa shape index (κ3) is 5.26. The van der Waals surface area contributed by atoms with Crippen molar-refractivity contribution in [2.45, 2.75) is 31.9 Å². The Bertz CT molecular complexity index is 1210. The number of nitrogens with zero attached hydrogens (tertiary/aromatic N) is 2. The number of rotatable bonds is 7. The number of carbonyl (C=O) groups is 1. The molecule has 6 rings (SSSR count). The summed E-state index contributed by atoms with van der Waals surface area (Å²) in [4.78, 5) is 14.6. The Hall–Kier alpha value is -3.32. The highest BCUT2D eigenvalue weighted by molar-refractivity contribution is 5.87. The number of ether oxygens (including phenoxy) is 1. The summed E-state index contributed by atoms with van der Waals surface area (Å²) in [6, 6.07) is 19.7. The molecular weight excluding hydrogens is 465 g/mol. The van der Waals surface area contributed by atoms with Gasteiger partial charge in [0.2, 0.25) is 0 Å². The predicted octanol–water partition coefficient (Wildman–Crippen LogP) is 6.10. The third-order valence-electron chi connectivity index (χ3n) is 7.70. The van der Waals surface area contributed by atoms with E-state index in [1.54, 1.807) is 6.07 Å². The maximum Gasteiger partial charge on any atom is 0.415 e. The van der Waals surface area contributed by atoms with E-state index in [9.17, 15) is 18.0 Å². The van der Waals surface area contributed by atoms with E-state index in [4.69, 9.17) is 4.74 Å². The molecule has 3 aliphatic heterocycles. The van der Waals surface area contributed by atoms with Crippen LogP contribution >= 0.6 is 0 Å². The monoisotopic (exact) mass is 495 g/mol. The van der Waals surface area contributed by atoms with Crippen LogP contribution in [0, 0.1) is 23.4 Å². The van der Waals surface area contributed by atoms with Crippen molar-refractivity contribution >= 4 is 11.8 Å². The number of benzene rings is 3. The molecule has 0 aromatic heterocycles. The van der Waals surface area contributed by atoms with Crippen molar-refractivity contribution in [3.8, 4) is 0 Å². The number of para-hydroxylation sites is 1. The molecule has 3 fully saturated rings. The molecule has 3 aliphatic rings. The minimum absolute atomic E-state index is 0.0430. The molecule has 3 aromatic rings. The van der Waals surface area contributed by atoms with Crippen LogP contribution in [0.4, 0.5) is 23.7 Å². The van der Waals surface area contributed by atoms with Gasteiger partial charge in [0.25, 0.3) is 0 Å². The van der Waals surface area contributed by atoms with Crippen molar-refractivity contribution < 1.29 is 27.2 Å². The summed E-state index contributed by atoms with van der Waals surface area (Å²) >= 11 is 0. The highest BCUT2D eigenvalue weighted by Gasteiger charge is 2.47. The van der Waals surface area contributed by atoms with Gasteiger partial charge in [-0.05, 0) is 35.4 Å². The van der Waals surface area contributed by atoms with Crippen LogP contribution in [0.25, 0.3) is 0 Å². The highest BCUT2D eigenvalue weighted by atomic mass is 19.2. The SMILES string of the molecule is O=C(OC1C[N+]2(CCc3ccccc3)CCC1CC2)N(Cc1ccc(F)c(F)c1)c1ccccc1F. The van der Waals surface area contributed by atoms with Crippen molar-refractivity contribution in [2.24, 2.45) is 5.92 Å². The highest BCUT2D eigenvalue weighted by Crippen LogP contribution is 2.36. The quantitative estimate of drug-likeness (QED) is 0.371. The second-order valence-corrected chi connectivity index (χ2v) is 9.98. The first kappa shape index (κ1) is 24.4. The van der Waals surface area contributed by atoms with Crippen LogP contribution in [0.1, 0.15) is 24.0 Å². The second kappa shape index (κ2) is 10.3. The number of anilines is 1. The first-order chi connectivity index (χ1) is 17.4. The van der Waals surface area contributed by atoms with Gasteiger partial charge in [-0.15, -0.1) is 0 Å². The number of hydrogen-bond acceptors (Lipinski definition) is 2. The Morgan fingerprint density at radius 2 is 1.58 bits per heavy atom. The van der Waals surface area contributed by atoms with E-state index in [-0.39, 0.29) is 24.3 Å². The maximum absolute atomic E-state index is 14.7. The van der Waals surface area contributed by atoms with E-state index in [2.05, 4.69) is 12.1 Å². The molecular formula is C29H30F3N2O2+. The lowest BCUT2D eigenvalue weighted by Gasteiger charge is -2.52. The summed E-state index contributed by atoms with van der Waals surface area (Å²) in [5.74, 6) is -2.30. The van der Waals surface area contributed by atoms with Crippen LogP contribution in [0.3, 0.4) is 0 Å². The minimum Gasteiger partial charge on any atom is -0.440 e. The fourth-order valence-electron chi connectivity index (χ4n) is 5.61. The molecule has 0 saturated carbocycles. The van der Waals surface area contributed by atoms with Crippen LogP contribution in [0.2, 0.25) is 0 Å². The lowest BCUT2D eigenvalue weighted by Crippen LogP contribution is -2.65. The number of piperidine rings is 3. The fraction of sp³-hybridized carbons (Fsp3) is 0.345. The molecule has 3 aromatic carbocycles. The number of quaternary nitrogens is 1. The van der Waals surface area contributed by atoms with Crippen LogP contribution in [-0.4, -0.2) is 42.9 Å². The van der Waals surface area contributed by atoms with Gasteiger partial charge in [0.15, 0.2) is 17.7 Å². The van der Waals surface area contributed by atoms with Crippen LogP contribution in [-0.2, 0) is 17.7 Å². The fourth-order valence-corrected chi connectivity index (χ4v) is 5.61. The molecule has 0 spiro atoms. The molecule has 3 saturated heterocycles. The second-order valence-electron chi connectivity index (χ2n) is 9.98. The molecule has 36 heavy (non-hydrogen) atoms. The molecule has 0 radical (unpaired) electrons. The van der Waals surface area contributed by atoms with Gasteiger partial charge in [-0.25, -0.2) is 18.0 Å². The Balaban J connectivity index is 1.33. The van der Waals surface area contributed by atoms with E-state index in [0.717, 1.165) is 62.1 Å². The van der Waals surface area contributed by atoms with Crippen molar-refractivity contribution in [1.29, 1.82) is 0 Å². The van der Waals surface area contributed by atoms with Crippen LogP contribution < -0.4 is 4.90 Å². The van der Waals surface area contributed by atoms with Crippen molar-refractivity contribution in [3.63, 3.8) is 0 Å². The summed E-state index contributed by atoms with van der Waals surface area (Å²) in [6.07, 6.45) is 1.98. The van der Waals surface area contributed by atoms with Gasteiger partial charge in [0.1, 0.15) is 12.4 Å². The normalized spacial score (nSPS) is 22.9. The number of hydrogen-bond donors (Lipinski definition) is 0. The third-order valence-corrected chi connectivity index (χ3v) is 7.70. The Kier molecular flexibility index (Phi) is 7.01. The number of fused-ring (bicyclic) bond motifs is 3. The Morgan fingerprint density at radius 3 is 2.31 bits per heavy atom. The molecule has 3 heterocycles. The molecule has 1 unspecified atom stereocenters. The smallest absolute Gasteiger partial charge is 0.415 e. The average Bonchev–Trinajstić information content (AvgIpc) is 2.90. The predicted molar refractivity (Wildman–Crippen MR) is 132 cm³/mol. The van der Waals surface area contributed by atoms with Gasteiger partial charge >= 0.3 is 6.09 Å². The summed E-state index contributed by atoms with van der Waals surface area (Å²) < 4.78 is 48.9. The number of halogens is 3. The molecule has 1 atom stereocenters. The largest absolute Gasteiger partial charge is 0.440 e. The van der Waals surface area contributed by atoms with E-state index < -0.39 is 23.5 Å². The zero-order valence-electron chi connectivity index (χ0n) is 20.1. The van der Waals surface area contributed by atoms with Crippen LogP contribution in [0.15, 0.2) is 72.8 Å². The van der Waals surface area contributed by atoms with E-state index in [1.807, 2.05) is 18.2 Å². The van der Waals surface area contributed by atoms with Crippen LogP contribution in [0.5, 0.6) is 0 Å². The van der Waals surface area contributed by atoms with Gasteiger partial charge in [-0.2, -0.15) is 0 Å². The minimum atomic E-state index is -1.02. The topological polar surface area (TPSA) is 29.5 Å². The number of amides is 1. The average molecular weight is 496 g/mol. The van der Waals surface area contributed by atoms with Gasteiger partial charge < -0.3 is 9.22 Å². The van der Waals surface area contributed by atoms with Gasteiger partial charge in [-0.3, -0.25) is 4.90 Å². The molecule has 0 N–H and O–H groups in total. The summed E-state index contributed by atoms with van der Waals surface area (Å²) in [6.45, 7) is 3.72. The molecule has 7 heteroatoms. The lowest BCUT2D eigenvalue weighted by atomic mass is 9.83. The molecule has 1 amide bonds. The summed E-state index contributed by atoms with van der Waals surface area (Å²) in [5, 5.41) is 0. The first-order valence-electron chi connectivity index (χ1n) is 12.5. The maximum atomic E-state index is 14.7.